The minimum Gasteiger partial charge on any atom is -0.377 e. The van der Waals surface area contributed by atoms with Crippen LogP contribution >= 0.6 is 0 Å². The summed E-state index contributed by atoms with van der Waals surface area (Å²) >= 11 is 0. The molecule has 0 amide bonds. The molecule has 4 heteroatoms. The van der Waals surface area contributed by atoms with Gasteiger partial charge in [-0.1, -0.05) is 0 Å². The van der Waals surface area contributed by atoms with E-state index in [0.29, 0.717) is 5.82 Å². The van der Waals surface area contributed by atoms with Crippen LogP contribution in [-0.2, 0) is 16.0 Å². The fraction of sp³-hybridized carbons (Fsp3) is 0.444. The summed E-state index contributed by atoms with van der Waals surface area (Å²) in [7, 11) is 1.50. The van der Waals surface area contributed by atoms with Crippen LogP contribution in [0.3, 0.4) is 0 Å². The van der Waals surface area contributed by atoms with E-state index >= 15 is 0 Å². The molecule has 0 aliphatic rings. The number of methoxy groups -OCH3 is 1. The molecule has 0 unspecified atom stereocenters. The largest absolute Gasteiger partial charge is 0.377 e. The van der Waals surface area contributed by atoms with E-state index in [1.807, 2.05) is 6.92 Å². The number of aryl methyl sites for hydroxylation is 1. The lowest BCUT2D eigenvalue weighted by Crippen LogP contribution is -2.12. The Morgan fingerprint density at radius 2 is 2.38 bits per heavy atom. The zero-order chi connectivity index (χ0) is 9.68. The average Bonchev–Trinajstić information content (AvgIpc) is 2.04. The Labute approximate surface area is 77.0 Å². The standard InChI is InChI=1S/C9H12N2O2/c1-7-3-4-10-9(11-7)5-8(12)6-13-2/h3-4H,5-6H2,1-2H3. The second-order valence-corrected chi connectivity index (χ2v) is 2.76. The predicted octanol–water partition coefficient (Wildman–Crippen LogP) is 0.543. The van der Waals surface area contributed by atoms with Crippen molar-refractivity contribution < 1.29 is 9.53 Å². The van der Waals surface area contributed by atoms with Gasteiger partial charge in [-0.2, -0.15) is 0 Å². The molecule has 1 aromatic rings. The van der Waals surface area contributed by atoms with Gasteiger partial charge in [0.1, 0.15) is 12.4 Å². The molecule has 1 aromatic heterocycles. The third-order valence-electron chi connectivity index (χ3n) is 1.51. The van der Waals surface area contributed by atoms with Gasteiger partial charge < -0.3 is 4.74 Å². The summed E-state index contributed by atoms with van der Waals surface area (Å²) in [6.45, 7) is 1.99. The van der Waals surface area contributed by atoms with Crippen molar-refractivity contribution in [3.05, 3.63) is 23.8 Å². The fourth-order valence-electron chi connectivity index (χ4n) is 0.974. The highest BCUT2D eigenvalue weighted by molar-refractivity contribution is 5.81. The van der Waals surface area contributed by atoms with E-state index in [-0.39, 0.29) is 18.8 Å². The first-order chi connectivity index (χ1) is 6.22. The number of carbonyl (C=O) groups is 1. The molecule has 0 aliphatic heterocycles. The lowest BCUT2D eigenvalue weighted by atomic mass is 10.3. The topological polar surface area (TPSA) is 52.1 Å². The van der Waals surface area contributed by atoms with Crippen LogP contribution in [0.15, 0.2) is 12.3 Å². The van der Waals surface area contributed by atoms with Crippen LogP contribution in [0.5, 0.6) is 0 Å². The van der Waals surface area contributed by atoms with Gasteiger partial charge in [-0.3, -0.25) is 4.79 Å². The van der Waals surface area contributed by atoms with E-state index in [0.717, 1.165) is 5.69 Å². The molecule has 0 N–H and O–H groups in total. The highest BCUT2D eigenvalue weighted by Gasteiger charge is 2.04. The number of Topliss-reactive ketones (excluding diaryl/α,β-unsaturated/α-hetero) is 1. The molecule has 0 saturated heterocycles. The number of nitrogens with zero attached hydrogens (tertiary/aromatic N) is 2. The summed E-state index contributed by atoms with van der Waals surface area (Å²) in [5.41, 5.74) is 0.871. The number of ether oxygens (including phenoxy) is 1. The Bertz CT molecular complexity index is 299. The van der Waals surface area contributed by atoms with Gasteiger partial charge in [0.2, 0.25) is 0 Å². The number of hydrogen-bond donors (Lipinski definition) is 0. The highest BCUT2D eigenvalue weighted by atomic mass is 16.5. The van der Waals surface area contributed by atoms with Gasteiger partial charge >= 0.3 is 0 Å². The minimum absolute atomic E-state index is 0.00639. The highest BCUT2D eigenvalue weighted by Crippen LogP contribution is 1.95. The summed E-state index contributed by atoms with van der Waals surface area (Å²) in [5, 5.41) is 0. The molecule has 13 heavy (non-hydrogen) atoms. The Balaban J connectivity index is 2.58. The van der Waals surface area contributed by atoms with Gasteiger partial charge in [-0.25, -0.2) is 9.97 Å². The van der Waals surface area contributed by atoms with Gasteiger partial charge in [-0.15, -0.1) is 0 Å². The molecular weight excluding hydrogens is 168 g/mol. The third-order valence-corrected chi connectivity index (χ3v) is 1.51. The predicted molar refractivity (Wildman–Crippen MR) is 47.4 cm³/mol. The minimum atomic E-state index is -0.00639. The van der Waals surface area contributed by atoms with E-state index < -0.39 is 0 Å². The van der Waals surface area contributed by atoms with Crippen molar-refractivity contribution in [2.75, 3.05) is 13.7 Å². The van der Waals surface area contributed by atoms with Gasteiger partial charge in [0, 0.05) is 19.0 Å². The summed E-state index contributed by atoms with van der Waals surface area (Å²) in [4.78, 5) is 19.2. The zero-order valence-corrected chi connectivity index (χ0v) is 7.78. The molecule has 0 bridgehead atoms. The van der Waals surface area contributed by atoms with Gasteiger partial charge in [-0.05, 0) is 13.0 Å². The van der Waals surface area contributed by atoms with Crippen molar-refractivity contribution in [2.45, 2.75) is 13.3 Å². The quantitative estimate of drug-likeness (QED) is 0.678. The molecule has 70 valence electrons. The van der Waals surface area contributed by atoms with Crippen LogP contribution in [0.1, 0.15) is 11.5 Å². The van der Waals surface area contributed by atoms with Crippen LogP contribution in [0.4, 0.5) is 0 Å². The van der Waals surface area contributed by atoms with Crippen molar-refractivity contribution in [3.8, 4) is 0 Å². The maximum Gasteiger partial charge on any atom is 0.166 e. The lowest BCUT2D eigenvalue weighted by Gasteiger charge is -1.99. The summed E-state index contributed by atoms with van der Waals surface area (Å²) in [5.74, 6) is 0.551. The van der Waals surface area contributed by atoms with Crippen molar-refractivity contribution >= 4 is 5.78 Å². The van der Waals surface area contributed by atoms with Gasteiger partial charge in [0.25, 0.3) is 0 Å². The van der Waals surface area contributed by atoms with Crippen LogP contribution < -0.4 is 0 Å². The summed E-state index contributed by atoms with van der Waals surface area (Å²) in [6.07, 6.45) is 1.90. The zero-order valence-electron chi connectivity index (χ0n) is 7.78. The Morgan fingerprint density at radius 1 is 1.62 bits per heavy atom. The second-order valence-electron chi connectivity index (χ2n) is 2.76. The SMILES string of the molecule is COCC(=O)Cc1nccc(C)n1. The maximum absolute atomic E-state index is 11.1. The molecular formula is C9H12N2O2. The van der Waals surface area contributed by atoms with E-state index in [1.165, 1.54) is 7.11 Å². The third kappa shape index (κ3) is 3.29. The molecule has 0 atom stereocenters. The van der Waals surface area contributed by atoms with E-state index in [1.54, 1.807) is 12.3 Å². The number of rotatable bonds is 4. The number of ketones is 1. The van der Waals surface area contributed by atoms with E-state index in [9.17, 15) is 4.79 Å². The van der Waals surface area contributed by atoms with Crippen LogP contribution in [0, 0.1) is 6.92 Å². The first kappa shape index (κ1) is 9.80. The number of aromatic nitrogens is 2. The Hall–Kier alpha value is -1.29. The van der Waals surface area contributed by atoms with Crippen LogP contribution in [0.2, 0.25) is 0 Å². The molecule has 0 aliphatic carbocycles. The molecule has 0 spiro atoms. The van der Waals surface area contributed by atoms with Gasteiger partial charge in [0.15, 0.2) is 5.78 Å². The molecule has 1 rings (SSSR count). The second kappa shape index (κ2) is 4.67. The lowest BCUT2D eigenvalue weighted by molar-refractivity contribution is -0.122. The first-order valence-corrected chi connectivity index (χ1v) is 4.01. The van der Waals surface area contributed by atoms with Crippen molar-refractivity contribution in [1.29, 1.82) is 0 Å². The smallest absolute Gasteiger partial charge is 0.166 e. The first-order valence-electron chi connectivity index (χ1n) is 4.01. The number of hydrogen-bond acceptors (Lipinski definition) is 4. The Kier molecular flexibility index (Phi) is 3.52. The Morgan fingerprint density at radius 3 is 3.00 bits per heavy atom. The molecule has 1 heterocycles. The molecule has 0 radical (unpaired) electrons. The molecule has 0 aromatic carbocycles. The van der Waals surface area contributed by atoms with Crippen LogP contribution in [0.25, 0.3) is 0 Å². The maximum atomic E-state index is 11.1. The van der Waals surface area contributed by atoms with Gasteiger partial charge in [0.05, 0.1) is 6.42 Å². The van der Waals surface area contributed by atoms with E-state index in [4.69, 9.17) is 4.74 Å². The van der Waals surface area contributed by atoms with Crippen molar-refractivity contribution in [1.82, 2.24) is 9.97 Å². The van der Waals surface area contributed by atoms with Crippen LogP contribution in [-0.4, -0.2) is 29.5 Å². The summed E-state index contributed by atoms with van der Waals surface area (Å²) < 4.78 is 4.70. The van der Waals surface area contributed by atoms with E-state index in [2.05, 4.69) is 9.97 Å². The number of carbonyl (C=O) groups excluding carboxylic acids is 1. The monoisotopic (exact) mass is 180 g/mol. The average molecular weight is 180 g/mol. The normalized spacial score (nSPS) is 10.0. The van der Waals surface area contributed by atoms with Crippen molar-refractivity contribution in [2.24, 2.45) is 0 Å². The molecule has 0 fully saturated rings. The molecule has 4 nitrogen and oxygen atoms in total. The van der Waals surface area contributed by atoms with Crippen molar-refractivity contribution in [3.63, 3.8) is 0 Å². The fourth-order valence-corrected chi connectivity index (χ4v) is 0.974. The summed E-state index contributed by atoms with van der Waals surface area (Å²) in [6, 6.07) is 1.80. The molecule has 0 saturated carbocycles.